The molecular weight excluding hydrogens is 340 g/mol. The van der Waals surface area contributed by atoms with Gasteiger partial charge in [0, 0.05) is 15.6 Å². The first-order valence-electron chi connectivity index (χ1n) is 6.55. The zero-order valence-corrected chi connectivity index (χ0v) is 13.1. The van der Waals surface area contributed by atoms with E-state index in [2.05, 4.69) is 15.9 Å². The normalized spacial score (nSPS) is 15.3. The molecule has 1 aliphatic heterocycles. The van der Waals surface area contributed by atoms with Crippen LogP contribution in [0.4, 0.5) is 0 Å². The molecule has 0 aliphatic carbocycles. The van der Waals surface area contributed by atoms with Crippen molar-refractivity contribution < 1.29 is 9.84 Å². The average molecular weight is 354 g/mol. The summed E-state index contributed by atoms with van der Waals surface area (Å²) in [7, 11) is 0. The molecular formula is C16H14BrClO2. The van der Waals surface area contributed by atoms with Crippen LogP contribution in [0.25, 0.3) is 0 Å². The van der Waals surface area contributed by atoms with E-state index in [1.54, 1.807) is 0 Å². The van der Waals surface area contributed by atoms with Crippen molar-refractivity contribution in [3.05, 3.63) is 62.6 Å². The highest BCUT2D eigenvalue weighted by molar-refractivity contribution is 9.10. The van der Waals surface area contributed by atoms with Crippen LogP contribution in [-0.4, -0.2) is 11.7 Å². The van der Waals surface area contributed by atoms with Crippen molar-refractivity contribution in [3.8, 4) is 5.75 Å². The Balaban J connectivity index is 2.07. The maximum Gasteiger partial charge on any atom is 0.128 e. The van der Waals surface area contributed by atoms with Gasteiger partial charge in [-0.05, 0) is 40.4 Å². The van der Waals surface area contributed by atoms with E-state index >= 15 is 0 Å². The van der Waals surface area contributed by atoms with E-state index in [1.807, 2.05) is 36.4 Å². The first-order chi connectivity index (χ1) is 9.68. The number of rotatable bonds is 2. The van der Waals surface area contributed by atoms with Crippen LogP contribution in [0, 0.1) is 0 Å². The van der Waals surface area contributed by atoms with Crippen molar-refractivity contribution in [1.82, 2.24) is 0 Å². The number of halogens is 2. The molecule has 1 aliphatic rings. The highest BCUT2D eigenvalue weighted by Gasteiger charge is 2.22. The Morgan fingerprint density at radius 1 is 1.15 bits per heavy atom. The van der Waals surface area contributed by atoms with Gasteiger partial charge in [0.2, 0.25) is 0 Å². The van der Waals surface area contributed by atoms with Crippen molar-refractivity contribution >= 4 is 27.5 Å². The van der Waals surface area contributed by atoms with Gasteiger partial charge in [-0.2, -0.15) is 0 Å². The number of ether oxygens (including phenoxy) is 1. The van der Waals surface area contributed by atoms with Gasteiger partial charge in [-0.1, -0.05) is 41.9 Å². The molecule has 2 aromatic carbocycles. The van der Waals surface area contributed by atoms with Crippen LogP contribution >= 0.6 is 27.5 Å². The van der Waals surface area contributed by atoms with Gasteiger partial charge in [-0.3, -0.25) is 0 Å². The van der Waals surface area contributed by atoms with Crippen molar-refractivity contribution in [3.63, 3.8) is 0 Å². The fraction of sp³-hybridized carbons (Fsp3) is 0.250. The summed E-state index contributed by atoms with van der Waals surface area (Å²) in [5, 5.41) is 11.2. The molecule has 3 rings (SSSR count). The van der Waals surface area contributed by atoms with Crippen LogP contribution in [0.1, 0.15) is 29.2 Å². The van der Waals surface area contributed by atoms with Crippen LogP contribution in [0.15, 0.2) is 40.9 Å². The summed E-state index contributed by atoms with van der Waals surface area (Å²) in [6.07, 6.45) is 1.22. The van der Waals surface area contributed by atoms with E-state index < -0.39 is 6.10 Å². The molecule has 1 atom stereocenters. The lowest BCUT2D eigenvalue weighted by atomic mass is 9.95. The van der Waals surface area contributed by atoms with Crippen LogP contribution < -0.4 is 4.74 Å². The molecule has 0 amide bonds. The molecule has 0 fully saturated rings. The Morgan fingerprint density at radius 2 is 1.90 bits per heavy atom. The number of aliphatic hydroxyl groups excluding tert-OH is 1. The summed E-state index contributed by atoms with van der Waals surface area (Å²) >= 11 is 9.66. The molecule has 0 radical (unpaired) electrons. The lowest BCUT2D eigenvalue weighted by molar-refractivity contribution is 0.207. The zero-order chi connectivity index (χ0) is 14.1. The number of benzene rings is 2. The number of hydrogen-bond acceptors (Lipinski definition) is 2. The maximum atomic E-state index is 10.7. The van der Waals surface area contributed by atoms with Gasteiger partial charge in [0.1, 0.15) is 11.9 Å². The molecule has 0 saturated heterocycles. The minimum Gasteiger partial charge on any atom is -0.493 e. The van der Waals surface area contributed by atoms with E-state index in [0.29, 0.717) is 17.2 Å². The van der Waals surface area contributed by atoms with Gasteiger partial charge >= 0.3 is 0 Å². The van der Waals surface area contributed by atoms with Crippen molar-refractivity contribution in [2.24, 2.45) is 0 Å². The number of para-hydroxylation sites is 1. The van der Waals surface area contributed by atoms with E-state index in [4.69, 9.17) is 16.3 Å². The first-order valence-corrected chi connectivity index (χ1v) is 7.72. The van der Waals surface area contributed by atoms with Gasteiger partial charge in [-0.15, -0.1) is 0 Å². The Bertz CT molecular complexity index is 642. The number of aryl methyl sites for hydroxylation is 1. The van der Waals surface area contributed by atoms with Gasteiger partial charge in [0.15, 0.2) is 0 Å². The quantitative estimate of drug-likeness (QED) is 0.861. The monoisotopic (exact) mass is 352 g/mol. The molecule has 0 saturated carbocycles. The molecule has 0 aromatic heterocycles. The van der Waals surface area contributed by atoms with Gasteiger partial charge in [0.25, 0.3) is 0 Å². The third-order valence-electron chi connectivity index (χ3n) is 3.53. The fourth-order valence-corrected chi connectivity index (χ4v) is 3.14. The molecule has 0 spiro atoms. The molecule has 0 bridgehead atoms. The maximum absolute atomic E-state index is 10.7. The summed E-state index contributed by atoms with van der Waals surface area (Å²) in [5.74, 6) is 0.808. The van der Waals surface area contributed by atoms with E-state index in [0.717, 1.165) is 34.2 Å². The Hall–Kier alpha value is -1.03. The largest absolute Gasteiger partial charge is 0.493 e. The second-order valence-corrected chi connectivity index (χ2v) is 6.07. The Labute approximate surface area is 131 Å². The lowest BCUT2D eigenvalue weighted by Crippen LogP contribution is -2.12. The number of hydrogen-bond donors (Lipinski definition) is 1. The van der Waals surface area contributed by atoms with Crippen LogP contribution in [0.5, 0.6) is 5.75 Å². The second kappa shape index (κ2) is 5.76. The number of aliphatic hydroxyl groups is 1. The van der Waals surface area contributed by atoms with Crippen LogP contribution in [0.2, 0.25) is 5.02 Å². The van der Waals surface area contributed by atoms with Crippen LogP contribution in [-0.2, 0) is 6.42 Å². The summed E-state index contributed by atoms with van der Waals surface area (Å²) in [4.78, 5) is 0. The van der Waals surface area contributed by atoms with Crippen molar-refractivity contribution in [1.29, 1.82) is 0 Å². The minimum atomic E-state index is -0.784. The van der Waals surface area contributed by atoms with Crippen molar-refractivity contribution in [2.75, 3.05) is 6.61 Å². The lowest BCUT2D eigenvalue weighted by Gasteiger charge is -2.23. The van der Waals surface area contributed by atoms with Gasteiger partial charge in [-0.25, -0.2) is 0 Å². The molecule has 1 heterocycles. The SMILES string of the molecule is OC(c1cccc(Br)c1Cl)c1cccc2c1OCCC2. The zero-order valence-electron chi connectivity index (χ0n) is 10.8. The predicted molar refractivity (Wildman–Crippen MR) is 83.5 cm³/mol. The molecule has 4 heteroatoms. The van der Waals surface area contributed by atoms with Crippen molar-refractivity contribution in [2.45, 2.75) is 18.9 Å². The summed E-state index contributed by atoms with van der Waals surface area (Å²) in [6.45, 7) is 0.697. The van der Waals surface area contributed by atoms with E-state index in [9.17, 15) is 5.11 Å². The highest BCUT2D eigenvalue weighted by atomic mass is 79.9. The third-order valence-corrected chi connectivity index (χ3v) is 4.85. The molecule has 1 unspecified atom stereocenters. The van der Waals surface area contributed by atoms with Gasteiger partial charge < -0.3 is 9.84 Å². The summed E-state index contributed by atoms with van der Waals surface area (Å²) in [5.41, 5.74) is 2.62. The van der Waals surface area contributed by atoms with E-state index in [-0.39, 0.29) is 0 Å². The van der Waals surface area contributed by atoms with Crippen LogP contribution in [0.3, 0.4) is 0 Å². The molecule has 104 valence electrons. The van der Waals surface area contributed by atoms with E-state index in [1.165, 1.54) is 0 Å². The Morgan fingerprint density at radius 3 is 2.75 bits per heavy atom. The molecule has 1 N–H and O–H groups in total. The standard InChI is InChI=1S/C16H14BrClO2/c17-13-8-2-6-11(14(13)18)15(19)12-7-1-4-10-5-3-9-20-16(10)12/h1-2,4,6-8,15,19H,3,5,9H2. The van der Waals surface area contributed by atoms with Gasteiger partial charge in [0.05, 0.1) is 11.6 Å². The fourth-order valence-electron chi connectivity index (χ4n) is 2.53. The highest BCUT2D eigenvalue weighted by Crippen LogP contribution is 2.39. The molecule has 20 heavy (non-hydrogen) atoms. The number of fused-ring (bicyclic) bond motifs is 1. The summed E-state index contributed by atoms with van der Waals surface area (Å²) in [6, 6.07) is 11.5. The minimum absolute atomic E-state index is 0.536. The Kier molecular flexibility index (Phi) is 4.01. The summed E-state index contributed by atoms with van der Waals surface area (Å²) < 4.78 is 6.53. The second-order valence-electron chi connectivity index (χ2n) is 4.83. The molecule has 2 aromatic rings. The third kappa shape index (κ3) is 2.46. The average Bonchev–Trinajstić information content (AvgIpc) is 2.49. The topological polar surface area (TPSA) is 29.5 Å². The molecule has 2 nitrogen and oxygen atoms in total. The predicted octanol–water partition coefficient (Wildman–Crippen LogP) is 4.51. The first kappa shape index (κ1) is 13.9. The smallest absolute Gasteiger partial charge is 0.128 e.